The molecule has 0 unspecified atom stereocenters. The van der Waals surface area contributed by atoms with Gasteiger partial charge in [-0.05, 0) is 25.0 Å². The molecule has 0 aliphatic heterocycles. The predicted molar refractivity (Wildman–Crippen MR) is 67.5 cm³/mol. The number of halogens is 1. The Kier molecular flexibility index (Phi) is 4.21. The van der Waals surface area contributed by atoms with Gasteiger partial charge < -0.3 is 5.73 Å². The van der Waals surface area contributed by atoms with E-state index >= 15 is 0 Å². The van der Waals surface area contributed by atoms with E-state index in [1.54, 1.807) is 24.3 Å². The number of benzene rings is 1. The molecule has 1 aromatic rings. The summed E-state index contributed by atoms with van der Waals surface area (Å²) < 4.78 is 24.4. The van der Waals surface area contributed by atoms with Crippen LogP contribution in [0.3, 0.4) is 0 Å². The van der Waals surface area contributed by atoms with E-state index in [4.69, 9.17) is 5.73 Å². The van der Waals surface area contributed by atoms with Crippen molar-refractivity contribution >= 4 is 27.9 Å². The van der Waals surface area contributed by atoms with Gasteiger partial charge in [-0.25, -0.2) is 8.42 Å². The lowest BCUT2D eigenvalue weighted by Crippen LogP contribution is -2.18. The Labute approximate surface area is 102 Å². The highest BCUT2D eigenvalue weighted by atomic mass is 35.5. The number of anilines is 1. The van der Waals surface area contributed by atoms with Crippen molar-refractivity contribution in [2.45, 2.75) is 35.8 Å². The minimum Gasteiger partial charge on any atom is -0.398 e. The molecule has 2 N–H and O–H groups in total. The van der Waals surface area contributed by atoms with Gasteiger partial charge in [0.2, 0.25) is 0 Å². The zero-order valence-corrected chi connectivity index (χ0v) is 10.6. The van der Waals surface area contributed by atoms with Crippen LogP contribution in [0.5, 0.6) is 0 Å². The molecule has 90 valence electrons. The predicted octanol–water partition coefficient (Wildman–Crippen LogP) is 2.41. The first-order valence-electron chi connectivity index (χ1n) is 5.21. The maximum Gasteiger partial charge on any atom is 0.183 e. The number of nitrogen functional groups attached to an aromatic ring is 1. The number of nitrogens with two attached hydrogens (primary N) is 1. The first-order chi connectivity index (χ1) is 7.12. The summed E-state index contributed by atoms with van der Waals surface area (Å²) >= 11 is 0. The fourth-order valence-electron chi connectivity index (χ4n) is 2.12. The molecule has 1 saturated carbocycles. The third-order valence-electron chi connectivity index (χ3n) is 2.97. The molecular formula is C11H16ClNO2S. The van der Waals surface area contributed by atoms with Crippen LogP contribution in [-0.2, 0) is 9.84 Å². The number of hydrogen-bond donors (Lipinski definition) is 1. The van der Waals surface area contributed by atoms with E-state index in [-0.39, 0.29) is 17.7 Å². The van der Waals surface area contributed by atoms with Crippen molar-refractivity contribution < 1.29 is 8.42 Å². The van der Waals surface area contributed by atoms with Gasteiger partial charge in [0, 0.05) is 0 Å². The molecule has 1 fully saturated rings. The maximum absolute atomic E-state index is 12.2. The van der Waals surface area contributed by atoms with Crippen molar-refractivity contribution in [3.05, 3.63) is 24.3 Å². The second-order valence-corrected chi connectivity index (χ2v) is 6.19. The first kappa shape index (κ1) is 13.3. The van der Waals surface area contributed by atoms with Gasteiger partial charge >= 0.3 is 0 Å². The summed E-state index contributed by atoms with van der Waals surface area (Å²) in [6.45, 7) is 0. The molecule has 0 atom stereocenters. The molecule has 2 rings (SSSR count). The Morgan fingerprint density at radius 1 is 1.12 bits per heavy atom. The highest BCUT2D eigenvalue weighted by Crippen LogP contribution is 2.31. The van der Waals surface area contributed by atoms with E-state index in [0.717, 1.165) is 25.7 Å². The molecule has 5 heteroatoms. The Hall–Kier alpha value is -0.740. The first-order valence-corrected chi connectivity index (χ1v) is 6.75. The number of hydrogen-bond acceptors (Lipinski definition) is 3. The average Bonchev–Trinajstić information content (AvgIpc) is 2.71. The third kappa shape index (κ3) is 2.33. The Balaban J connectivity index is 0.00000128. The van der Waals surface area contributed by atoms with Crippen molar-refractivity contribution in [3.8, 4) is 0 Å². The fourth-order valence-corrected chi connectivity index (χ4v) is 4.10. The van der Waals surface area contributed by atoms with E-state index < -0.39 is 9.84 Å². The second-order valence-electron chi connectivity index (χ2n) is 3.99. The van der Waals surface area contributed by atoms with Crippen molar-refractivity contribution in [1.82, 2.24) is 0 Å². The standard InChI is InChI=1S/C11H15NO2S.ClH/c12-10-7-3-4-8-11(10)15(13,14)9-5-1-2-6-9;/h3-4,7-9H,1-2,5-6,12H2;1H. The van der Waals surface area contributed by atoms with E-state index in [1.807, 2.05) is 0 Å². The lowest BCUT2D eigenvalue weighted by Gasteiger charge is -2.12. The monoisotopic (exact) mass is 261 g/mol. The second kappa shape index (κ2) is 5.06. The average molecular weight is 262 g/mol. The van der Waals surface area contributed by atoms with Crippen LogP contribution in [0.15, 0.2) is 29.2 Å². The molecule has 0 bridgehead atoms. The van der Waals surface area contributed by atoms with Crippen LogP contribution in [0.25, 0.3) is 0 Å². The maximum atomic E-state index is 12.2. The van der Waals surface area contributed by atoms with Crippen LogP contribution in [0.2, 0.25) is 0 Å². The van der Waals surface area contributed by atoms with Gasteiger partial charge in [0.1, 0.15) is 0 Å². The summed E-state index contributed by atoms with van der Waals surface area (Å²) in [6.07, 6.45) is 3.57. The lowest BCUT2D eigenvalue weighted by molar-refractivity contribution is 0.580. The van der Waals surface area contributed by atoms with E-state index in [9.17, 15) is 8.42 Å². The normalized spacial score (nSPS) is 17.0. The molecular weight excluding hydrogens is 246 g/mol. The largest absolute Gasteiger partial charge is 0.398 e. The summed E-state index contributed by atoms with van der Waals surface area (Å²) in [6, 6.07) is 6.71. The van der Waals surface area contributed by atoms with Gasteiger partial charge in [0.05, 0.1) is 15.8 Å². The van der Waals surface area contributed by atoms with Gasteiger partial charge in [-0.15, -0.1) is 12.4 Å². The Bertz CT molecular complexity index is 453. The van der Waals surface area contributed by atoms with Gasteiger partial charge in [-0.3, -0.25) is 0 Å². The minimum atomic E-state index is -3.19. The molecule has 1 aliphatic carbocycles. The van der Waals surface area contributed by atoms with E-state index in [1.165, 1.54) is 0 Å². The quantitative estimate of drug-likeness (QED) is 0.832. The molecule has 3 nitrogen and oxygen atoms in total. The third-order valence-corrected chi connectivity index (χ3v) is 5.30. The highest BCUT2D eigenvalue weighted by Gasteiger charge is 2.31. The number of sulfone groups is 1. The van der Waals surface area contributed by atoms with Crippen LogP contribution in [0, 0.1) is 0 Å². The SMILES string of the molecule is Cl.Nc1ccccc1S(=O)(=O)C1CCCC1. The molecule has 0 amide bonds. The van der Waals surface area contributed by atoms with Crippen LogP contribution < -0.4 is 5.73 Å². The summed E-state index contributed by atoms with van der Waals surface area (Å²) in [4.78, 5) is 0.303. The topological polar surface area (TPSA) is 60.2 Å². The number of para-hydroxylation sites is 1. The Morgan fingerprint density at radius 3 is 2.25 bits per heavy atom. The molecule has 0 heterocycles. The lowest BCUT2D eigenvalue weighted by atomic mass is 10.3. The van der Waals surface area contributed by atoms with Crippen molar-refractivity contribution in [2.24, 2.45) is 0 Å². The summed E-state index contributed by atoms with van der Waals surface area (Å²) in [7, 11) is -3.19. The van der Waals surface area contributed by atoms with E-state index in [2.05, 4.69) is 0 Å². The smallest absolute Gasteiger partial charge is 0.183 e. The van der Waals surface area contributed by atoms with Crippen LogP contribution >= 0.6 is 12.4 Å². The zero-order chi connectivity index (χ0) is 10.9. The summed E-state index contributed by atoms with van der Waals surface area (Å²) in [5.41, 5.74) is 6.06. The van der Waals surface area contributed by atoms with Crippen molar-refractivity contribution in [1.29, 1.82) is 0 Å². The highest BCUT2D eigenvalue weighted by molar-refractivity contribution is 7.92. The fraction of sp³-hybridized carbons (Fsp3) is 0.455. The minimum absolute atomic E-state index is 0. The van der Waals surface area contributed by atoms with Crippen LogP contribution in [0.1, 0.15) is 25.7 Å². The van der Waals surface area contributed by atoms with Crippen molar-refractivity contribution in [2.75, 3.05) is 5.73 Å². The van der Waals surface area contributed by atoms with Gasteiger partial charge in [-0.1, -0.05) is 25.0 Å². The van der Waals surface area contributed by atoms with E-state index in [0.29, 0.717) is 10.6 Å². The molecule has 0 saturated heterocycles. The summed E-state index contributed by atoms with van der Waals surface area (Å²) in [5, 5.41) is -0.220. The van der Waals surface area contributed by atoms with Crippen LogP contribution in [-0.4, -0.2) is 13.7 Å². The molecule has 16 heavy (non-hydrogen) atoms. The summed E-state index contributed by atoms with van der Waals surface area (Å²) in [5.74, 6) is 0. The molecule has 1 aliphatic rings. The molecule has 0 aromatic heterocycles. The zero-order valence-electron chi connectivity index (χ0n) is 8.93. The Morgan fingerprint density at radius 2 is 1.69 bits per heavy atom. The van der Waals surface area contributed by atoms with Crippen molar-refractivity contribution in [3.63, 3.8) is 0 Å². The van der Waals surface area contributed by atoms with Crippen LogP contribution in [0.4, 0.5) is 5.69 Å². The molecule has 0 radical (unpaired) electrons. The number of rotatable bonds is 2. The van der Waals surface area contributed by atoms with Gasteiger partial charge in [0.25, 0.3) is 0 Å². The molecule has 0 spiro atoms. The van der Waals surface area contributed by atoms with Gasteiger partial charge in [-0.2, -0.15) is 0 Å². The molecule has 1 aromatic carbocycles. The van der Waals surface area contributed by atoms with Gasteiger partial charge in [0.15, 0.2) is 9.84 Å².